The number of imidazole rings is 1. The average molecular weight is 353 g/mol. The molecular weight excluding hydrogens is 339 g/mol. The van der Waals surface area contributed by atoms with Crippen LogP contribution in [0.3, 0.4) is 0 Å². The van der Waals surface area contributed by atoms with Crippen LogP contribution in [-0.2, 0) is 22.1 Å². The predicted octanol–water partition coefficient (Wildman–Crippen LogP) is 3.42. The molecule has 4 nitrogen and oxygen atoms in total. The highest BCUT2D eigenvalue weighted by molar-refractivity contribution is 7.89. The van der Waals surface area contributed by atoms with E-state index in [1.807, 2.05) is 24.3 Å². The molecular formula is C16H14ClFN2O2S. The molecule has 0 unspecified atom stereocenters. The van der Waals surface area contributed by atoms with Gasteiger partial charge in [0.05, 0.1) is 17.6 Å². The Morgan fingerprint density at radius 3 is 2.65 bits per heavy atom. The second-order valence-electron chi connectivity index (χ2n) is 5.41. The van der Waals surface area contributed by atoms with Crippen LogP contribution in [0.4, 0.5) is 4.39 Å². The zero-order valence-electron chi connectivity index (χ0n) is 12.3. The minimum Gasteiger partial charge on any atom is -0.323 e. The van der Waals surface area contributed by atoms with E-state index < -0.39 is 15.7 Å². The van der Waals surface area contributed by atoms with E-state index in [2.05, 4.69) is 4.98 Å². The molecule has 2 aromatic carbocycles. The molecule has 0 aliphatic carbocycles. The Labute approximate surface area is 138 Å². The van der Waals surface area contributed by atoms with Crippen molar-refractivity contribution in [1.29, 1.82) is 0 Å². The highest BCUT2D eigenvalue weighted by Gasteiger charge is 2.16. The summed E-state index contributed by atoms with van der Waals surface area (Å²) in [6.45, 7) is 0.324. The van der Waals surface area contributed by atoms with Gasteiger partial charge in [-0.15, -0.1) is 0 Å². The molecule has 0 spiro atoms. The molecule has 0 N–H and O–H groups in total. The van der Waals surface area contributed by atoms with Crippen LogP contribution in [0.25, 0.3) is 11.0 Å². The molecule has 120 valence electrons. The van der Waals surface area contributed by atoms with Gasteiger partial charge in [-0.1, -0.05) is 29.8 Å². The molecule has 0 aliphatic heterocycles. The summed E-state index contributed by atoms with van der Waals surface area (Å²) in [4.78, 5) is 4.41. The van der Waals surface area contributed by atoms with Gasteiger partial charge >= 0.3 is 0 Å². The minimum atomic E-state index is -3.23. The molecule has 3 aromatic rings. The number of sulfone groups is 1. The van der Waals surface area contributed by atoms with Gasteiger partial charge in [-0.2, -0.15) is 0 Å². The first-order valence-corrected chi connectivity index (χ1v) is 9.33. The number of aromatic nitrogens is 2. The molecule has 0 radical (unpaired) electrons. The van der Waals surface area contributed by atoms with E-state index in [1.165, 1.54) is 18.4 Å². The Balaban J connectivity index is 2.12. The van der Waals surface area contributed by atoms with Gasteiger partial charge < -0.3 is 4.57 Å². The lowest BCUT2D eigenvalue weighted by Gasteiger charge is -2.10. The number of hydrogen-bond acceptors (Lipinski definition) is 3. The van der Waals surface area contributed by atoms with Crippen LogP contribution >= 0.6 is 11.6 Å². The molecule has 0 fully saturated rings. The molecule has 0 atom stereocenters. The largest absolute Gasteiger partial charge is 0.323 e. The summed E-state index contributed by atoms with van der Waals surface area (Å²) in [5, 5.41) is 0.299. The fraction of sp³-hybridized carbons (Fsp3) is 0.188. The van der Waals surface area contributed by atoms with Gasteiger partial charge in [-0.3, -0.25) is 0 Å². The van der Waals surface area contributed by atoms with Gasteiger partial charge in [-0.05, 0) is 29.8 Å². The van der Waals surface area contributed by atoms with E-state index in [9.17, 15) is 12.8 Å². The van der Waals surface area contributed by atoms with Crippen molar-refractivity contribution >= 4 is 32.5 Å². The predicted molar refractivity (Wildman–Crippen MR) is 88.8 cm³/mol. The van der Waals surface area contributed by atoms with Crippen LogP contribution in [0.1, 0.15) is 11.4 Å². The number of hydrogen-bond donors (Lipinski definition) is 0. The fourth-order valence-electron chi connectivity index (χ4n) is 2.47. The van der Waals surface area contributed by atoms with Crippen LogP contribution in [0.15, 0.2) is 42.5 Å². The molecule has 0 saturated heterocycles. The van der Waals surface area contributed by atoms with E-state index in [-0.39, 0.29) is 5.75 Å². The lowest BCUT2D eigenvalue weighted by molar-refractivity contribution is 0.597. The Morgan fingerprint density at radius 1 is 1.22 bits per heavy atom. The van der Waals surface area contributed by atoms with Gasteiger partial charge in [0.1, 0.15) is 17.4 Å². The Bertz CT molecular complexity index is 983. The minimum absolute atomic E-state index is 0.166. The topological polar surface area (TPSA) is 52.0 Å². The highest BCUT2D eigenvalue weighted by atomic mass is 35.5. The van der Waals surface area contributed by atoms with Crippen LogP contribution in [0.2, 0.25) is 5.02 Å². The number of fused-ring (bicyclic) bond motifs is 1. The molecule has 3 rings (SSSR count). The van der Waals surface area contributed by atoms with E-state index in [0.29, 0.717) is 28.5 Å². The number of halogens is 2. The van der Waals surface area contributed by atoms with Crippen molar-refractivity contribution in [2.24, 2.45) is 0 Å². The van der Waals surface area contributed by atoms with Gasteiger partial charge in [-0.25, -0.2) is 17.8 Å². The van der Waals surface area contributed by atoms with Crippen molar-refractivity contribution in [2.45, 2.75) is 12.3 Å². The van der Waals surface area contributed by atoms with Crippen molar-refractivity contribution in [1.82, 2.24) is 9.55 Å². The van der Waals surface area contributed by atoms with E-state index in [4.69, 9.17) is 11.6 Å². The van der Waals surface area contributed by atoms with Crippen LogP contribution in [-0.4, -0.2) is 24.2 Å². The van der Waals surface area contributed by atoms with Gasteiger partial charge in [0, 0.05) is 11.3 Å². The first-order valence-electron chi connectivity index (χ1n) is 6.89. The Kier molecular flexibility index (Phi) is 4.12. The number of para-hydroxylation sites is 2. The summed E-state index contributed by atoms with van der Waals surface area (Å²) >= 11 is 6.09. The average Bonchev–Trinajstić information content (AvgIpc) is 2.77. The zero-order valence-corrected chi connectivity index (χ0v) is 13.9. The maximum absolute atomic E-state index is 13.2. The third kappa shape index (κ3) is 3.54. The van der Waals surface area contributed by atoms with E-state index in [0.717, 1.165) is 5.52 Å². The maximum Gasteiger partial charge on any atom is 0.154 e. The SMILES string of the molecule is CS(=O)(=O)Cc1nc2ccccc2n1Cc1ccc(F)cc1Cl. The second-order valence-corrected chi connectivity index (χ2v) is 7.96. The lowest BCUT2D eigenvalue weighted by Crippen LogP contribution is -2.10. The maximum atomic E-state index is 13.2. The third-order valence-electron chi connectivity index (χ3n) is 3.47. The smallest absolute Gasteiger partial charge is 0.154 e. The molecule has 23 heavy (non-hydrogen) atoms. The molecule has 1 aromatic heterocycles. The van der Waals surface area contributed by atoms with Gasteiger partial charge in [0.15, 0.2) is 9.84 Å². The second kappa shape index (κ2) is 5.94. The normalized spacial score (nSPS) is 12.0. The van der Waals surface area contributed by atoms with Crippen LogP contribution in [0.5, 0.6) is 0 Å². The van der Waals surface area contributed by atoms with E-state index in [1.54, 1.807) is 10.6 Å². The van der Waals surface area contributed by atoms with Crippen LogP contribution in [0, 0.1) is 5.82 Å². The zero-order chi connectivity index (χ0) is 16.6. The summed E-state index contributed by atoms with van der Waals surface area (Å²) in [5.41, 5.74) is 2.22. The fourth-order valence-corrected chi connectivity index (χ4v) is 3.38. The van der Waals surface area contributed by atoms with Gasteiger partial charge in [0.2, 0.25) is 0 Å². The first-order chi connectivity index (χ1) is 10.8. The van der Waals surface area contributed by atoms with Crippen molar-refractivity contribution in [2.75, 3.05) is 6.26 Å². The summed E-state index contributed by atoms with van der Waals surface area (Å²) in [6, 6.07) is 11.6. The lowest BCUT2D eigenvalue weighted by atomic mass is 10.2. The Morgan fingerprint density at radius 2 is 1.96 bits per heavy atom. The van der Waals surface area contributed by atoms with Crippen molar-refractivity contribution in [3.8, 4) is 0 Å². The van der Waals surface area contributed by atoms with Gasteiger partial charge in [0.25, 0.3) is 0 Å². The summed E-state index contributed by atoms with van der Waals surface area (Å²) in [6.07, 6.45) is 1.17. The summed E-state index contributed by atoms with van der Waals surface area (Å²) in [7, 11) is -3.23. The Hall–Kier alpha value is -1.92. The monoisotopic (exact) mass is 352 g/mol. The summed E-state index contributed by atoms with van der Waals surface area (Å²) in [5.74, 6) is -0.139. The van der Waals surface area contributed by atoms with Crippen molar-refractivity contribution in [3.05, 3.63) is 64.7 Å². The molecule has 0 saturated carbocycles. The molecule has 1 heterocycles. The molecule has 0 amide bonds. The molecule has 0 bridgehead atoms. The quantitative estimate of drug-likeness (QED) is 0.723. The van der Waals surface area contributed by atoms with Crippen molar-refractivity contribution < 1.29 is 12.8 Å². The molecule has 7 heteroatoms. The number of nitrogens with zero attached hydrogens (tertiary/aromatic N) is 2. The third-order valence-corrected chi connectivity index (χ3v) is 4.60. The first kappa shape index (κ1) is 16.0. The summed E-state index contributed by atoms with van der Waals surface area (Å²) < 4.78 is 38.3. The van der Waals surface area contributed by atoms with Crippen LogP contribution < -0.4 is 0 Å². The highest BCUT2D eigenvalue weighted by Crippen LogP contribution is 2.23. The van der Waals surface area contributed by atoms with Crippen molar-refractivity contribution in [3.63, 3.8) is 0 Å². The number of rotatable bonds is 4. The number of benzene rings is 2. The molecule has 0 aliphatic rings. The van der Waals surface area contributed by atoms with E-state index >= 15 is 0 Å². The standard InChI is InChI=1S/C16H14ClFN2O2S/c1-23(21,22)10-16-19-14-4-2-3-5-15(14)20(16)9-11-6-7-12(18)8-13(11)17/h2-8H,9-10H2,1H3.